The van der Waals surface area contributed by atoms with Gasteiger partial charge >= 0.3 is 0 Å². The van der Waals surface area contributed by atoms with Crippen LogP contribution < -0.4 is 4.74 Å². The predicted octanol–water partition coefficient (Wildman–Crippen LogP) is 3.24. The van der Waals surface area contributed by atoms with Crippen molar-refractivity contribution in [2.45, 2.75) is 12.5 Å². The highest BCUT2D eigenvalue weighted by atomic mass is 19.1. The van der Waals surface area contributed by atoms with Crippen molar-refractivity contribution in [1.29, 1.82) is 0 Å². The SMILES string of the molecule is O=C1CC(c2ccccc2F)Oc2ccc(O)cc21. The van der Waals surface area contributed by atoms with E-state index in [-0.39, 0.29) is 23.8 Å². The van der Waals surface area contributed by atoms with Gasteiger partial charge in [-0.3, -0.25) is 4.79 Å². The summed E-state index contributed by atoms with van der Waals surface area (Å²) in [5.41, 5.74) is 0.710. The van der Waals surface area contributed by atoms with Crippen LogP contribution in [0.5, 0.6) is 11.5 Å². The van der Waals surface area contributed by atoms with Crippen LogP contribution in [0.2, 0.25) is 0 Å². The molecule has 1 aliphatic heterocycles. The first-order chi connectivity index (χ1) is 9.15. The van der Waals surface area contributed by atoms with Gasteiger partial charge in [0, 0.05) is 5.56 Å². The lowest BCUT2D eigenvalue weighted by Gasteiger charge is -2.25. The van der Waals surface area contributed by atoms with Crippen molar-refractivity contribution in [3.8, 4) is 11.5 Å². The number of ketones is 1. The minimum absolute atomic E-state index is 0.0139. The van der Waals surface area contributed by atoms with Crippen molar-refractivity contribution in [1.82, 2.24) is 0 Å². The fourth-order valence-electron chi connectivity index (χ4n) is 2.22. The maximum Gasteiger partial charge on any atom is 0.170 e. The topological polar surface area (TPSA) is 46.5 Å². The molecule has 96 valence electrons. The van der Waals surface area contributed by atoms with E-state index in [9.17, 15) is 14.3 Å². The van der Waals surface area contributed by atoms with Crippen LogP contribution in [-0.2, 0) is 0 Å². The predicted molar refractivity (Wildman–Crippen MR) is 66.8 cm³/mol. The van der Waals surface area contributed by atoms with Crippen molar-refractivity contribution >= 4 is 5.78 Å². The fraction of sp³-hybridized carbons (Fsp3) is 0.133. The summed E-state index contributed by atoms with van der Waals surface area (Å²) in [6.07, 6.45) is -0.553. The first-order valence-electron chi connectivity index (χ1n) is 5.92. The molecule has 0 amide bonds. The average molecular weight is 258 g/mol. The second kappa shape index (κ2) is 4.39. The molecule has 3 rings (SSSR count). The van der Waals surface area contributed by atoms with Crippen molar-refractivity contribution in [3.05, 3.63) is 59.4 Å². The summed E-state index contributed by atoms with van der Waals surface area (Å²) in [5.74, 6) is -0.157. The zero-order valence-electron chi connectivity index (χ0n) is 9.97. The molecule has 0 aromatic heterocycles. The van der Waals surface area contributed by atoms with Gasteiger partial charge in [0.2, 0.25) is 0 Å². The summed E-state index contributed by atoms with van der Waals surface area (Å²) in [7, 11) is 0. The molecule has 19 heavy (non-hydrogen) atoms. The summed E-state index contributed by atoms with van der Waals surface area (Å²) >= 11 is 0. The Hall–Kier alpha value is -2.36. The molecule has 0 saturated heterocycles. The van der Waals surface area contributed by atoms with Crippen molar-refractivity contribution in [2.75, 3.05) is 0 Å². The molecule has 0 fully saturated rings. The number of phenols is 1. The molecule has 0 aliphatic carbocycles. The number of hydrogen-bond acceptors (Lipinski definition) is 3. The molecule has 0 spiro atoms. The molecule has 2 aromatic rings. The van der Waals surface area contributed by atoms with Crippen molar-refractivity contribution in [3.63, 3.8) is 0 Å². The molecule has 1 atom stereocenters. The highest BCUT2D eigenvalue weighted by Gasteiger charge is 2.29. The Morgan fingerprint density at radius 3 is 2.79 bits per heavy atom. The molecule has 1 unspecified atom stereocenters. The smallest absolute Gasteiger partial charge is 0.170 e. The standard InChI is InChI=1S/C15H11FO3/c16-12-4-2-1-3-10(12)15-8-13(18)11-7-9(17)5-6-14(11)19-15/h1-7,15,17H,8H2. The highest BCUT2D eigenvalue weighted by molar-refractivity contribution is 6.00. The number of carbonyl (C=O) groups is 1. The zero-order valence-corrected chi connectivity index (χ0v) is 9.97. The Balaban J connectivity index is 2.00. The van der Waals surface area contributed by atoms with E-state index in [0.29, 0.717) is 16.9 Å². The van der Waals surface area contributed by atoms with Crippen molar-refractivity contribution in [2.24, 2.45) is 0 Å². The Kier molecular flexibility index (Phi) is 2.71. The molecule has 1 N–H and O–H groups in total. The molecular formula is C15H11FO3. The van der Waals surface area contributed by atoms with E-state index in [0.717, 1.165) is 0 Å². The highest BCUT2D eigenvalue weighted by Crippen LogP contribution is 2.37. The number of phenolic OH excluding ortho intramolecular Hbond substituents is 1. The molecule has 0 bridgehead atoms. The number of Topliss-reactive ketones (excluding diaryl/α,β-unsaturated/α-hetero) is 1. The molecule has 2 aromatic carbocycles. The number of halogens is 1. The molecule has 0 saturated carbocycles. The third-order valence-electron chi connectivity index (χ3n) is 3.16. The molecule has 3 nitrogen and oxygen atoms in total. The van der Waals surface area contributed by atoms with Crippen LogP contribution in [0.25, 0.3) is 0 Å². The van der Waals surface area contributed by atoms with E-state index in [1.807, 2.05) is 0 Å². The van der Waals surface area contributed by atoms with E-state index in [1.54, 1.807) is 18.2 Å². The first kappa shape index (κ1) is 11.7. The summed E-state index contributed by atoms with van der Waals surface area (Å²) < 4.78 is 19.4. The number of benzene rings is 2. The quantitative estimate of drug-likeness (QED) is 0.854. The number of aromatic hydroxyl groups is 1. The minimum atomic E-state index is -0.620. The van der Waals surface area contributed by atoms with Crippen LogP contribution in [0.4, 0.5) is 4.39 Å². The average Bonchev–Trinajstić information content (AvgIpc) is 2.40. The normalized spacial score (nSPS) is 17.7. The molecule has 4 heteroatoms. The Morgan fingerprint density at radius 2 is 2.00 bits per heavy atom. The molecule has 1 heterocycles. The fourth-order valence-corrected chi connectivity index (χ4v) is 2.22. The van der Waals surface area contributed by atoms with E-state index >= 15 is 0 Å². The van der Waals surface area contributed by atoms with Crippen LogP contribution in [0.3, 0.4) is 0 Å². The first-order valence-corrected chi connectivity index (χ1v) is 5.92. The minimum Gasteiger partial charge on any atom is -0.508 e. The molecule has 0 radical (unpaired) electrons. The van der Waals surface area contributed by atoms with Gasteiger partial charge in [0.25, 0.3) is 0 Å². The van der Waals surface area contributed by atoms with Crippen LogP contribution in [0.1, 0.15) is 28.4 Å². The maximum absolute atomic E-state index is 13.7. The number of hydrogen-bond donors (Lipinski definition) is 1. The maximum atomic E-state index is 13.7. The van der Waals surface area contributed by atoms with Crippen LogP contribution >= 0.6 is 0 Å². The van der Waals surface area contributed by atoms with Gasteiger partial charge < -0.3 is 9.84 Å². The van der Waals surface area contributed by atoms with Gasteiger partial charge in [-0.15, -0.1) is 0 Å². The number of fused-ring (bicyclic) bond motifs is 1. The van der Waals surface area contributed by atoms with Crippen LogP contribution in [0, 0.1) is 5.82 Å². The van der Waals surface area contributed by atoms with E-state index in [2.05, 4.69) is 0 Å². The van der Waals surface area contributed by atoms with Gasteiger partial charge in [0.15, 0.2) is 5.78 Å². The van der Waals surface area contributed by atoms with Gasteiger partial charge in [-0.05, 0) is 24.3 Å². The Morgan fingerprint density at radius 1 is 1.21 bits per heavy atom. The number of ether oxygens (including phenoxy) is 1. The van der Waals surface area contributed by atoms with E-state index in [1.165, 1.54) is 24.3 Å². The summed E-state index contributed by atoms with van der Waals surface area (Å²) in [5, 5.41) is 9.37. The van der Waals surface area contributed by atoms with Gasteiger partial charge in [0.05, 0.1) is 12.0 Å². The summed E-state index contributed by atoms with van der Waals surface area (Å²) in [4.78, 5) is 12.0. The van der Waals surface area contributed by atoms with E-state index < -0.39 is 6.10 Å². The second-order valence-electron chi connectivity index (χ2n) is 4.44. The van der Waals surface area contributed by atoms with Crippen LogP contribution in [-0.4, -0.2) is 10.9 Å². The lowest BCUT2D eigenvalue weighted by Crippen LogP contribution is -2.21. The Labute approximate surface area is 109 Å². The van der Waals surface area contributed by atoms with Gasteiger partial charge in [-0.25, -0.2) is 4.39 Å². The third-order valence-corrected chi connectivity index (χ3v) is 3.16. The zero-order chi connectivity index (χ0) is 13.4. The Bertz CT molecular complexity index is 652. The lowest BCUT2D eigenvalue weighted by atomic mass is 9.96. The van der Waals surface area contributed by atoms with Gasteiger partial charge in [-0.1, -0.05) is 18.2 Å². The van der Waals surface area contributed by atoms with Gasteiger partial charge in [0.1, 0.15) is 23.4 Å². The number of rotatable bonds is 1. The van der Waals surface area contributed by atoms with E-state index in [4.69, 9.17) is 4.74 Å². The van der Waals surface area contributed by atoms with Crippen molar-refractivity contribution < 1.29 is 19.0 Å². The number of carbonyl (C=O) groups excluding carboxylic acids is 1. The monoisotopic (exact) mass is 258 g/mol. The molecular weight excluding hydrogens is 247 g/mol. The second-order valence-corrected chi connectivity index (χ2v) is 4.44. The summed E-state index contributed by atoms with van der Waals surface area (Å²) in [6.45, 7) is 0. The summed E-state index contributed by atoms with van der Waals surface area (Å²) in [6, 6.07) is 10.6. The third kappa shape index (κ3) is 2.05. The van der Waals surface area contributed by atoms with Gasteiger partial charge in [-0.2, -0.15) is 0 Å². The molecule has 1 aliphatic rings. The lowest BCUT2D eigenvalue weighted by molar-refractivity contribution is 0.0845. The van der Waals surface area contributed by atoms with Crippen LogP contribution in [0.15, 0.2) is 42.5 Å². The largest absolute Gasteiger partial charge is 0.508 e.